The van der Waals surface area contributed by atoms with Crippen LogP contribution in [0.2, 0.25) is 0 Å². The summed E-state index contributed by atoms with van der Waals surface area (Å²) in [6, 6.07) is 5.44. The van der Waals surface area contributed by atoms with Gasteiger partial charge in [0.2, 0.25) is 5.91 Å². The van der Waals surface area contributed by atoms with Gasteiger partial charge in [-0.2, -0.15) is 0 Å². The van der Waals surface area contributed by atoms with Crippen molar-refractivity contribution in [3.8, 4) is 0 Å². The standard InChI is InChI=1S/C19H21F2NO2S/c1-12-7-9-25-19(12)15-6-8-22(11-17(15)23)18(24)5-3-13-2-4-14(20)10-16(13)21/h2,4,7,9-10,15,17,23H,3,5-6,8,11H2,1H3/t15-,17-/m1/s1. The van der Waals surface area contributed by atoms with Crippen molar-refractivity contribution in [2.45, 2.75) is 38.2 Å². The molecule has 6 heteroatoms. The molecule has 1 amide bonds. The highest BCUT2D eigenvalue weighted by molar-refractivity contribution is 7.10. The van der Waals surface area contributed by atoms with Crippen LogP contribution in [0.15, 0.2) is 29.6 Å². The number of aliphatic hydroxyl groups is 1. The average molecular weight is 365 g/mol. The third kappa shape index (κ3) is 4.07. The Kier molecular flexibility index (Phi) is 5.49. The molecule has 1 N–H and O–H groups in total. The van der Waals surface area contributed by atoms with Crippen molar-refractivity contribution in [3.05, 3.63) is 57.3 Å². The van der Waals surface area contributed by atoms with Crippen LogP contribution < -0.4 is 0 Å². The van der Waals surface area contributed by atoms with Gasteiger partial charge in [-0.05, 0) is 48.4 Å². The first-order valence-corrected chi connectivity index (χ1v) is 9.27. The molecule has 0 radical (unpaired) electrons. The van der Waals surface area contributed by atoms with Crippen LogP contribution in [-0.4, -0.2) is 35.1 Å². The van der Waals surface area contributed by atoms with E-state index in [4.69, 9.17) is 0 Å². The monoisotopic (exact) mass is 365 g/mol. The molecule has 1 aliphatic heterocycles. The highest BCUT2D eigenvalue weighted by Gasteiger charge is 2.32. The first-order valence-electron chi connectivity index (χ1n) is 8.39. The van der Waals surface area contributed by atoms with Gasteiger partial charge in [0.15, 0.2) is 0 Å². The molecule has 134 valence electrons. The lowest BCUT2D eigenvalue weighted by atomic mass is 9.90. The lowest BCUT2D eigenvalue weighted by molar-refractivity contribution is -0.134. The number of hydrogen-bond donors (Lipinski definition) is 1. The summed E-state index contributed by atoms with van der Waals surface area (Å²) in [5.41, 5.74) is 1.51. The molecule has 1 aliphatic rings. The lowest BCUT2D eigenvalue weighted by Gasteiger charge is -2.36. The van der Waals surface area contributed by atoms with Crippen molar-refractivity contribution >= 4 is 17.2 Å². The molecule has 0 aliphatic carbocycles. The van der Waals surface area contributed by atoms with Crippen molar-refractivity contribution in [2.24, 2.45) is 0 Å². The van der Waals surface area contributed by atoms with Crippen molar-refractivity contribution in [1.82, 2.24) is 4.90 Å². The van der Waals surface area contributed by atoms with Gasteiger partial charge in [-0.15, -0.1) is 11.3 Å². The van der Waals surface area contributed by atoms with E-state index < -0.39 is 17.7 Å². The zero-order valence-electron chi connectivity index (χ0n) is 14.0. The Balaban J connectivity index is 1.56. The van der Waals surface area contributed by atoms with Crippen LogP contribution in [0.5, 0.6) is 0 Å². The van der Waals surface area contributed by atoms with E-state index in [9.17, 15) is 18.7 Å². The molecule has 3 nitrogen and oxygen atoms in total. The smallest absolute Gasteiger partial charge is 0.222 e. The average Bonchev–Trinajstić information content (AvgIpc) is 2.99. The second-order valence-corrected chi connectivity index (χ2v) is 7.45. The molecule has 2 atom stereocenters. The van der Waals surface area contributed by atoms with Crippen LogP contribution in [0.3, 0.4) is 0 Å². The fourth-order valence-corrected chi connectivity index (χ4v) is 4.47. The Hall–Kier alpha value is -1.79. The number of likely N-dealkylation sites (tertiary alicyclic amines) is 1. The van der Waals surface area contributed by atoms with Gasteiger partial charge in [0.05, 0.1) is 6.10 Å². The molecule has 1 aromatic carbocycles. The van der Waals surface area contributed by atoms with Gasteiger partial charge in [-0.25, -0.2) is 8.78 Å². The Morgan fingerprint density at radius 2 is 2.16 bits per heavy atom. The molecular weight excluding hydrogens is 344 g/mol. The van der Waals surface area contributed by atoms with Crippen molar-refractivity contribution in [3.63, 3.8) is 0 Å². The van der Waals surface area contributed by atoms with E-state index >= 15 is 0 Å². The van der Waals surface area contributed by atoms with Crippen LogP contribution in [-0.2, 0) is 11.2 Å². The number of rotatable bonds is 4. The maximum atomic E-state index is 13.6. The predicted molar refractivity (Wildman–Crippen MR) is 93.7 cm³/mol. The Bertz CT molecular complexity index is 762. The Morgan fingerprint density at radius 1 is 1.36 bits per heavy atom. The fraction of sp³-hybridized carbons (Fsp3) is 0.421. The normalized spacial score (nSPS) is 20.7. The van der Waals surface area contributed by atoms with Gasteiger partial charge in [0.25, 0.3) is 0 Å². The van der Waals surface area contributed by atoms with Crippen molar-refractivity contribution < 1.29 is 18.7 Å². The minimum absolute atomic E-state index is 0.0681. The number of piperidine rings is 1. The van der Waals surface area contributed by atoms with Crippen LogP contribution in [0.1, 0.15) is 34.8 Å². The first-order chi connectivity index (χ1) is 12.0. The zero-order chi connectivity index (χ0) is 18.0. The van der Waals surface area contributed by atoms with Crippen LogP contribution >= 0.6 is 11.3 Å². The highest BCUT2D eigenvalue weighted by atomic mass is 32.1. The summed E-state index contributed by atoms with van der Waals surface area (Å²) in [5.74, 6) is -1.29. The van der Waals surface area contributed by atoms with Crippen LogP contribution in [0, 0.1) is 18.6 Å². The van der Waals surface area contributed by atoms with E-state index in [0.717, 1.165) is 12.5 Å². The number of carbonyl (C=O) groups excluding carboxylic acids is 1. The SMILES string of the molecule is Cc1ccsc1[C@@H]1CCN(C(=O)CCc2ccc(F)cc2F)C[C@H]1O. The summed E-state index contributed by atoms with van der Waals surface area (Å²) in [6.07, 6.45) is 0.514. The van der Waals surface area contributed by atoms with Gasteiger partial charge in [0, 0.05) is 36.4 Å². The number of β-amino-alcohol motifs (C(OH)–C–C–N with tert-alkyl or cyclic N) is 1. The molecule has 1 aromatic heterocycles. The largest absolute Gasteiger partial charge is 0.391 e. The van der Waals surface area contributed by atoms with E-state index in [2.05, 4.69) is 0 Å². The molecule has 1 saturated heterocycles. The number of thiophene rings is 1. The van der Waals surface area contributed by atoms with Gasteiger partial charge in [-0.3, -0.25) is 4.79 Å². The Morgan fingerprint density at radius 3 is 2.80 bits per heavy atom. The fourth-order valence-electron chi connectivity index (χ4n) is 3.35. The molecule has 2 heterocycles. The summed E-state index contributed by atoms with van der Waals surface area (Å²) >= 11 is 1.64. The molecule has 0 spiro atoms. The van der Waals surface area contributed by atoms with Crippen LogP contribution in [0.25, 0.3) is 0 Å². The lowest BCUT2D eigenvalue weighted by Crippen LogP contribution is -2.45. The predicted octanol–water partition coefficient (Wildman–Crippen LogP) is 3.64. The zero-order valence-corrected chi connectivity index (χ0v) is 14.9. The summed E-state index contributed by atoms with van der Waals surface area (Å²) in [5, 5.41) is 12.5. The minimum atomic E-state index is -0.625. The molecular formula is C19H21F2NO2S. The molecule has 25 heavy (non-hydrogen) atoms. The number of amides is 1. The summed E-state index contributed by atoms with van der Waals surface area (Å²) in [4.78, 5) is 15.2. The molecule has 0 unspecified atom stereocenters. The van der Waals surface area contributed by atoms with Gasteiger partial charge in [-0.1, -0.05) is 6.07 Å². The minimum Gasteiger partial charge on any atom is -0.391 e. The van der Waals surface area contributed by atoms with E-state index in [1.807, 2.05) is 18.4 Å². The molecule has 0 saturated carbocycles. The summed E-state index contributed by atoms with van der Waals surface area (Å²) in [7, 11) is 0. The van der Waals surface area contributed by atoms with Gasteiger partial charge < -0.3 is 10.0 Å². The van der Waals surface area contributed by atoms with Crippen molar-refractivity contribution in [2.75, 3.05) is 13.1 Å². The van der Waals surface area contributed by atoms with Gasteiger partial charge >= 0.3 is 0 Å². The second kappa shape index (κ2) is 7.62. The van der Waals surface area contributed by atoms with Gasteiger partial charge in [0.1, 0.15) is 11.6 Å². The third-order valence-electron chi connectivity index (χ3n) is 4.80. The summed E-state index contributed by atoms with van der Waals surface area (Å²) < 4.78 is 26.6. The number of hydrogen-bond acceptors (Lipinski definition) is 3. The third-order valence-corrected chi connectivity index (χ3v) is 5.95. The van der Waals surface area contributed by atoms with E-state index in [1.165, 1.54) is 22.6 Å². The maximum absolute atomic E-state index is 13.6. The highest BCUT2D eigenvalue weighted by Crippen LogP contribution is 2.34. The number of aryl methyl sites for hydroxylation is 2. The maximum Gasteiger partial charge on any atom is 0.222 e. The molecule has 1 fully saturated rings. The first kappa shape index (κ1) is 18.0. The number of nitrogens with zero attached hydrogens (tertiary/aromatic N) is 1. The molecule has 0 bridgehead atoms. The van der Waals surface area contributed by atoms with E-state index in [-0.39, 0.29) is 24.7 Å². The molecule has 3 rings (SSSR count). The van der Waals surface area contributed by atoms with E-state index in [0.29, 0.717) is 18.7 Å². The van der Waals surface area contributed by atoms with E-state index in [1.54, 1.807) is 16.2 Å². The Labute approximate surface area is 149 Å². The topological polar surface area (TPSA) is 40.5 Å². The van der Waals surface area contributed by atoms with Crippen molar-refractivity contribution in [1.29, 1.82) is 0 Å². The number of halogens is 2. The number of carbonyl (C=O) groups is 1. The summed E-state index contributed by atoms with van der Waals surface area (Å²) in [6.45, 7) is 2.92. The molecule has 2 aromatic rings. The quantitative estimate of drug-likeness (QED) is 0.899. The van der Waals surface area contributed by atoms with Crippen LogP contribution in [0.4, 0.5) is 8.78 Å². The second-order valence-electron chi connectivity index (χ2n) is 6.51. The number of benzene rings is 1. The number of aliphatic hydroxyl groups excluding tert-OH is 1.